The average molecular weight is 467 g/mol. The number of benzene rings is 1. The molecule has 0 spiro atoms. The van der Waals surface area contributed by atoms with Gasteiger partial charge >= 0.3 is 0 Å². The van der Waals surface area contributed by atoms with E-state index in [4.69, 9.17) is 9.47 Å². The third-order valence-corrected chi connectivity index (χ3v) is 6.07. The number of piperidine rings is 1. The Morgan fingerprint density at radius 1 is 1.09 bits per heavy atom. The van der Waals surface area contributed by atoms with Gasteiger partial charge in [-0.3, -0.25) is 0 Å². The van der Waals surface area contributed by atoms with Crippen LogP contribution in [-0.2, 0) is 11.8 Å². The molecule has 1 N–H and O–H groups in total. The highest BCUT2D eigenvalue weighted by Crippen LogP contribution is 2.34. The van der Waals surface area contributed by atoms with Gasteiger partial charge in [-0.15, -0.1) is 10.2 Å². The minimum absolute atomic E-state index is 0.0342. The van der Waals surface area contributed by atoms with Crippen molar-refractivity contribution >= 4 is 5.95 Å². The van der Waals surface area contributed by atoms with E-state index in [1.807, 2.05) is 25.2 Å². The molecule has 1 aromatic carbocycles. The fourth-order valence-corrected chi connectivity index (χ4v) is 4.87. The number of hydrogen-bond acceptors (Lipinski definition) is 9. The van der Waals surface area contributed by atoms with Crippen LogP contribution in [0.4, 0.5) is 5.95 Å². The van der Waals surface area contributed by atoms with Crippen LogP contribution < -0.4 is 15.0 Å². The first kappa shape index (κ1) is 24.0. The largest absolute Gasteiger partial charge is 0.467 e. The first-order valence-corrected chi connectivity index (χ1v) is 11.4. The Kier molecular flexibility index (Phi) is 6.55. The zero-order valence-electron chi connectivity index (χ0n) is 21.0. The van der Waals surface area contributed by atoms with Gasteiger partial charge < -0.3 is 19.7 Å². The number of hydrogen-bond donors (Lipinski definition) is 1. The summed E-state index contributed by atoms with van der Waals surface area (Å²) in [4.78, 5) is 8.31. The molecule has 0 aliphatic carbocycles. The maximum Gasteiger partial charge on any atom is 0.245 e. The van der Waals surface area contributed by atoms with Crippen molar-refractivity contribution in [1.29, 1.82) is 0 Å². The summed E-state index contributed by atoms with van der Waals surface area (Å²) < 4.78 is 11.0. The van der Waals surface area contributed by atoms with Gasteiger partial charge in [-0.25, -0.2) is 4.98 Å². The van der Waals surface area contributed by atoms with E-state index in [1.165, 1.54) is 4.80 Å². The summed E-state index contributed by atoms with van der Waals surface area (Å²) in [5.41, 5.74) is 3.11. The molecule has 34 heavy (non-hydrogen) atoms. The topological polar surface area (TPSA) is 103 Å². The number of aromatic nitrogens is 6. The summed E-state index contributed by atoms with van der Waals surface area (Å²) in [6.45, 7) is 9.07. The molecule has 0 atom stereocenters. The van der Waals surface area contributed by atoms with Crippen LogP contribution in [0.2, 0.25) is 0 Å². The Hall–Kier alpha value is -3.11. The maximum atomic E-state index is 5.84. The van der Waals surface area contributed by atoms with Crippen molar-refractivity contribution in [2.24, 2.45) is 7.05 Å². The molecule has 1 fully saturated rings. The van der Waals surface area contributed by atoms with Crippen molar-refractivity contribution < 1.29 is 9.47 Å². The van der Waals surface area contributed by atoms with E-state index < -0.39 is 0 Å². The Morgan fingerprint density at radius 3 is 2.41 bits per heavy atom. The van der Waals surface area contributed by atoms with E-state index in [0.29, 0.717) is 23.4 Å². The van der Waals surface area contributed by atoms with Gasteiger partial charge in [-0.1, -0.05) is 6.07 Å². The van der Waals surface area contributed by atoms with Gasteiger partial charge in [0.1, 0.15) is 17.1 Å². The minimum atomic E-state index is 0.0342. The zero-order chi connectivity index (χ0) is 24.5. The Labute approximate surface area is 200 Å². The van der Waals surface area contributed by atoms with Crippen molar-refractivity contribution in [2.75, 3.05) is 25.9 Å². The standard InChI is InChI=1S/C24H34N8O2/c1-23(2)11-17(12-24(3,4)30-23)31(5)22-25-13-20(27-28-22)18-9-8-16(10-21(18)34-15-33-7)19-14-26-32(6)29-19/h8-10,13-14,17,30H,11-12,15H2,1-7H3. The summed E-state index contributed by atoms with van der Waals surface area (Å²) in [7, 11) is 5.41. The molecule has 0 saturated carbocycles. The Morgan fingerprint density at radius 2 is 1.82 bits per heavy atom. The highest BCUT2D eigenvalue weighted by molar-refractivity contribution is 5.72. The molecule has 4 rings (SSSR count). The maximum absolute atomic E-state index is 5.84. The van der Waals surface area contributed by atoms with E-state index in [2.05, 4.69) is 63.3 Å². The van der Waals surface area contributed by atoms with Crippen molar-refractivity contribution in [3.05, 3.63) is 30.6 Å². The number of aryl methyl sites for hydroxylation is 1. The van der Waals surface area contributed by atoms with Gasteiger partial charge in [0.2, 0.25) is 5.95 Å². The molecular formula is C24H34N8O2. The number of nitrogens with zero attached hydrogens (tertiary/aromatic N) is 7. The summed E-state index contributed by atoms with van der Waals surface area (Å²) in [6.07, 6.45) is 5.45. The number of rotatable bonds is 7. The van der Waals surface area contributed by atoms with Gasteiger partial charge in [-0.05, 0) is 52.7 Å². The fourth-order valence-electron chi connectivity index (χ4n) is 4.87. The van der Waals surface area contributed by atoms with E-state index in [-0.39, 0.29) is 17.9 Å². The molecule has 1 saturated heterocycles. The van der Waals surface area contributed by atoms with Crippen LogP contribution in [-0.4, -0.2) is 68.2 Å². The molecule has 0 unspecified atom stereocenters. The Balaban J connectivity index is 1.59. The third-order valence-electron chi connectivity index (χ3n) is 6.07. The molecule has 1 aliphatic heterocycles. The van der Waals surface area contributed by atoms with Crippen LogP contribution in [0, 0.1) is 0 Å². The minimum Gasteiger partial charge on any atom is -0.467 e. The number of nitrogens with one attached hydrogen (secondary N) is 1. The van der Waals surface area contributed by atoms with Crippen molar-refractivity contribution in [2.45, 2.75) is 57.7 Å². The number of methoxy groups -OCH3 is 1. The predicted octanol–water partition coefficient (Wildman–Crippen LogP) is 3.06. The highest BCUT2D eigenvalue weighted by Gasteiger charge is 2.39. The van der Waals surface area contributed by atoms with Gasteiger partial charge in [-0.2, -0.15) is 15.0 Å². The van der Waals surface area contributed by atoms with Gasteiger partial charge in [0.15, 0.2) is 6.79 Å². The second kappa shape index (κ2) is 9.27. The van der Waals surface area contributed by atoms with E-state index in [9.17, 15) is 0 Å². The molecule has 10 heteroatoms. The molecular weight excluding hydrogens is 432 g/mol. The summed E-state index contributed by atoms with van der Waals surface area (Å²) in [6, 6.07) is 6.10. The summed E-state index contributed by atoms with van der Waals surface area (Å²) in [5.74, 6) is 1.22. The molecule has 182 valence electrons. The second-order valence-corrected chi connectivity index (χ2v) is 10.2. The molecule has 0 radical (unpaired) electrons. The second-order valence-electron chi connectivity index (χ2n) is 10.2. The lowest BCUT2D eigenvalue weighted by Crippen LogP contribution is -2.62. The van der Waals surface area contributed by atoms with Gasteiger partial charge in [0.05, 0.1) is 12.4 Å². The smallest absolute Gasteiger partial charge is 0.245 e. The molecule has 10 nitrogen and oxygen atoms in total. The molecule has 0 bridgehead atoms. The fraction of sp³-hybridized carbons (Fsp3) is 0.542. The lowest BCUT2D eigenvalue weighted by atomic mass is 9.79. The van der Waals surface area contributed by atoms with Crippen LogP contribution in [0.5, 0.6) is 5.75 Å². The monoisotopic (exact) mass is 466 g/mol. The van der Waals surface area contributed by atoms with Crippen LogP contribution in [0.1, 0.15) is 40.5 Å². The molecule has 3 aromatic rings. The van der Waals surface area contributed by atoms with E-state index in [0.717, 1.165) is 29.7 Å². The number of ether oxygens (including phenoxy) is 2. The van der Waals surface area contributed by atoms with E-state index >= 15 is 0 Å². The number of anilines is 1. The zero-order valence-corrected chi connectivity index (χ0v) is 21.0. The molecule has 3 heterocycles. The van der Waals surface area contributed by atoms with Crippen LogP contribution in [0.25, 0.3) is 22.5 Å². The van der Waals surface area contributed by atoms with Crippen molar-refractivity contribution in [3.8, 4) is 28.3 Å². The normalized spacial score (nSPS) is 17.5. The third kappa shape index (κ3) is 5.34. The van der Waals surface area contributed by atoms with Gasteiger partial charge in [0, 0.05) is 49.5 Å². The molecule has 0 amide bonds. The SMILES string of the molecule is COCOc1cc(-c2cnn(C)n2)ccc1-c1cnc(N(C)C2CC(C)(C)NC(C)(C)C2)nn1. The van der Waals surface area contributed by atoms with Crippen molar-refractivity contribution in [1.82, 2.24) is 35.5 Å². The highest BCUT2D eigenvalue weighted by atomic mass is 16.7. The van der Waals surface area contributed by atoms with Gasteiger partial charge in [0.25, 0.3) is 0 Å². The van der Waals surface area contributed by atoms with Crippen LogP contribution in [0.3, 0.4) is 0 Å². The summed E-state index contributed by atoms with van der Waals surface area (Å²) >= 11 is 0. The first-order chi connectivity index (χ1) is 16.1. The molecule has 1 aliphatic rings. The Bertz CT molecular complexity index is 1110. The predicted molar refractivity (Wildman–Crippen MR) is 130 cm³/mol. The van der Waals surface area contributed by atoms with Crippen molar-refractivity contribution in [3.63, 3.8) is 0 Å². The van der Waals surface area contributed by atoms with Crippen LogP contribution >= 0.6 is 0 Å². The molecule has 2 aromatic heterocycles. The lowest BCUT2D eigenvalue weighted by molar-refractivity contribution is 0.0515. The van der Waals surface area contributed by atoms with Crippen LogP contribution in [0.15, 0.2) is 30.6 Å². The quantitative estimate of drug-likeness (QED) is 0.526. The average Bonchev–Trinajstić information content (AvgIpc) is 3.21. The lowest BCUT2D eigenvalue weighted by Gasteiger charge is -2.48. The first-order valence-electron chi connectivity index (χ1n) is 11.4. The summed E-state index contributed by atoms with van der Waals surface area (Å²) in [5, 5.41) is 21.2. The van der Waals surface area contributed by atoms with E-state index in [1.54, 1.807) is 26.6 Å².